The molecule has 148 valence electrons. The average Bonchev–Trinajstić information content (AvgIpc) is 3.07. The second-order valence-corrected chi connectivity index (χ2v) is 6.51. The lowest BCUT2D eigenvalue weighted by atomic mass is 9.94. The molecule has 4 rings (SSSR count). The van der Waals surface area contributed by atoms with E-state index in [4.69, 9.17) is 5.73 Å². The molecular weight excluding hydrogens is 380 g/mol. The summed E-state index contributed by atoms with van der Waals surface area (Å²) in [6.45, 7) is -0.557. The van der Waals surface area contributed by atoms with Gasteiger partial charge in [-0.15, -0.1) is 0 Å². The van der Waals surface area contributed by atoms with Crippen LogP contribution >= 0.6 is 0 Å². The van der Waals surface area contributed by atoms with Crippen molar-refractivity contribution in [3.63, 3.8) is 0 Å². The van der Waals surface area contributed by atoms with Crippen LogP contribution in [0.3, 0.4) is 0 Å². The molecule has 0 unspecified atom stereocenters. The Morgan fingerprint density at radius 1 is 1.17 bits per heavy atom. The summed E-state index contributed by atoms with van der Waals surface area (Å²) >= 11 is 0. The minimum absolute atomic E-state index is 0.162. The second-order valence-electron chi connectivity index (χ2n) is 6.51. The highest BCUT2D eigenvalue weighted by Crippen LogP contribution is 2.34. The van der Waals surface area contributed by atoms with Gasteiger partial charge in [0.1, 0.15) is 5.82 Å². The van der Waals surface area contributed by atoms with Crippen molar-refractivity contribution in [2.75, 3.05) is 11.1 Å². The van der Waals surface area contributed by atoms with Crippen molar-refractivity contribution in [1.82, 2.24) is 15.3 Å². The van der Waals surface area contributed by atoms with Crippen LogP contribution in [0.4, 0.5) is 26.0 Å². The maximum atomic E-state index is 12.2. The van der Waals surface area contributed by atoms with Crippen molar-refractivity contribution >= 4 is 23.1 Å². The SMILES string of the molecule is Cc1cc(Nc2ccc(OC(F)F)nc2)ncc1-c1ccc(N)c2c1CNC2=O. The normalized spacial score (nSPS) is 12.6. The van der Waals surface area contributed by atoms with Gasteiger partial charge in [-0.1, -0.05) is 6.07 Å². The lowest BCUT2D eigenvalue weighted by Crippen LogP contribution is -2.13. The number of aromatic nitrogens is 2. The molecule has 7 nitrogen and oxygen atoms in total. The molecule has 4 N–H and O–H groups in total. The van der Waals surface area contributed by atoms with Crippen molar-refractivity contribution in [2.45, 2.75) is 20.1 Å². The van der Waals surface area contributed by atoms with Crippen LogP contribution in [-0.4, -0.2) is 22.5 Å². The van der Waals surface area contributed by atoms with Crippen LogP contribution in [0.2, 0.25) is 0 Å². The Balaban J connectivity index is 1.59. The van der Waals surface area contributed by atoms with E-state index in [9.17, 15) is 13.6 Å². The Bertz CT molecular complexity index is 1090. The Morgan fingerprint density at radius 3 is 2.69 bits per heavy atom. The summed E-state index contributed by atoms with van der Waals surface area (Å²) in [4.78, 5) is 20.3. The second kappa shape index (κ2) is 7.34. The lowest BCUT2D eigenvalue weighted by Gasteiger charge is -2.13. The Morgan fingerprint density at radius 2 is 2.00 bits per heavy atom. The van der Waals surface area contributed by atoms with E-state index in [2.05, 4.69) is 25.3 Å². The van der Waals surface area contributed by atoms with E-state index in [1.165, 1.54) is 12.3 Å². The Hall–Kier alpha value is -3.75. The fourth-order valence-electron chi connectivity index (χ4n) is 3.30. The predicted octanol–water partition coefficient (Wildman–Crippen LogP) is 3.62. The summed E-state index contributed by atoms with van der Waals surface area (Å²) < 4.78 is 28.6. The van der Waals surface area contributed by atoms with E-state index in [0.29, 0.717) is 29.3 Å². The molecule has 0 fully saturated rings. The number of anilines is 3. The van der Waals surface area contributed by atoms with E-state index in [0.717, 1.165) is 22.3 Å². The molecular formula is C20H17F2N5O2. The third-order valence-electron chi connectivity index (χ3n) is 4.62. The first kappa shape index (κ1) is 18.6. The minimum Gasteiger partial charge on any atom is -0.417 e. The van der Waals surface area contributed by atoms with Crippen molar-refractivity contribution in [3.8, 4) is 17.0 Å². The van der Waals surface area contributed by atoms with Gasteiger partial charge in [0.2, 0.25) is 5.88 Å². The number of hydrogen-bond donors (Lipinski definition) is 3. The standard InChI is InChI=1S/C20H17F2N5O2/c1-10-6-16(27-11-2-5-17(25-7-11)29-20(21)22)24-8-13(10)12-3-4-15(23)18-14(12)9-26-19(18)28/h2-8,20H,9,23H2,1H3,(H,24,27)(H,26,28). The first-order chi connectivity index (χ1) is 13.9. The maximum absolute atomic E-state index is 12.2. The molecule has 1 amide bonds. The highest BCUT2D eigenvalue weighted by molar-refractivity contribution is 6.05. The van der Waals surface area contributed by atoms with Crippen LogP contribution in [0, 0.1) is 6.92 Å². The number of pyridine rings is 2. The number of carbonyl (C=O) groups excluding carboxylic acids is 1. The molecule has 0 saturated heterocycles. The molecule has 29 heavy (non-hydrogen) atoms. The number of fused-ring (bicyclic) bond motifs is 1. The van der Waals surface area contributed by atoms with Gasteiger partial charge in [0.15, 0.2) is 0 Å². The molecule has 1 aliphatic rings. The molecule has 3 heterocycles. The van der Waals surface area contributed by atoms with Gasteiger partial charge in [0.05, 0.1) is 17.4 Å². The van der Waals surface area contributed by atoms with Crippen molar-refractivity contribution in [1.29, 1.82) is 0 Å². The molecule has 0 aliphatic carbocycles. The van der Waals surface area contributed by atoms with Gasteiger partial charge in [0.25, 0.3) is 5.91 Å². The Kier molecular flexibility index (Phi) is 4.71. The van der Waals surface area contributed by atoms with E-state index < -0.39 is 6.61 Å². The van der Waals surface area contributed by atoms with E-state index in [1.807, 2.05) is 19.1 Å². The quantitative estimate of drug-likeness (QED) is 0.569. The molecule has 9 heteroatoms. The monoisotopic (exact) mass is 397 g/mol. The molecule has 0 spiro atoms. The van der Waals surface area contributed by atoms with E-state index in [1.54, 1.807) is 18.3 Å². The fraction of sp³-hybridized carbons (Fsp3) is 0.150. The molecule has 0 atom stereocenters. The van der Waals surface area contributed by atoms with Crippen LogP contribution in [0.5, 0.6) is 5.88 Å². The lowest BCUT2D eigenvalue weighted by molar-refractivity contribution is -0.0528. The van der Waals surface area contributed by atoms with Crippen LogP contribution in [0.15, 0.2) is 42.7 Å². The zero-order chi connectivity index (χ0) is 20.5. The number of halogens is 2. The molecule has 0 bridgehead atoms. The largest absolute Gasteiger partial charge is 0.417 e. The van der Waals surface area contributed by atoms with Crippen molar-refractivity contribution in [2.24, 2.45) is 0 Å². The first-order valence-electron chi connectivity index (χ1n) is 8.77. The number of alkyl halides is 2. The smallest absolute Gasteiger partial charge is 0.388 e. The number of rotatable bonds is 5. The predicted molar refractivity (Wildman–Crippen MR) is 104 cm³/mol. The molecule has 3 aromatic rings. The van der Waals surface area contributed by atoms with Crippen LogP contribution in [-0.2, 0) is 6.54 Å². The summed E-state index contributed by atoms with van der Waals surface area (Å²) in [5.74, 6) is 0.234. The van der Waals surface area contributed by atoms with Gasteiger partial charge in [-0.2, -0.15) is 8.78 Å². The zero-order valence-corrected chi connectivity index (χ0v) is 15.4. The number of nitrogens with two attached hydrogens (primary N) is 1. The van der Waals surface area contributed by atoms with Gasteiger partial charge in [-0.05, 0) is 41.8 Å². The summed E-state index contributed by atoms with van der Waals surface area (Å²) in [7, 11) is 0. The number of benzene rings is 1. The van der Waals surface area contributed by atoms with E-state index in [-0.39, 0.29) is 11.8 Å². The van der Waals surface area contributed by atoms with Gasteiger partial charge in [-0.3, -0.25) is 4.79 Å². The summed E-state index contributed by atoms with van der Waals surface area (Å²) in [5, 5.41) is 5.87. The number of carbonyl (C=O) groups is 1. The summed E-state index contributed by atoms with van der Waals surface area (Å²) in [5.41, 5.74) is 11.1. The van der Waals surface area contributed by atoms with Gasteiger partial charge < -0.3 is 21.1 Å². The summed E-state index contributed by atoms with van der Waals surface area (Å²) in [6.07, 6.45) is 3.10. The zero-order valence-electron chi connectivity index (χ0n) is 15.4. The third-order valence-corrected chi connectivity index (χ3v) is 4.62. The fourth-order valence-corrected chi connectivity index (χ4v) is 3.30. The molecule has 1 aromatic carbocycles. The average molecular weight is 397 g/mol. The third kappa shape index (κ3) is 3.66. The van der Waals surface area contributed by atoms with Crippen LogP contribution in [0.1, 0.15) is 21.5 Å². The number of nitrogens with one attached hydrogen (secondary N) is 2. The molecule has 2 aromatic heterocycles. The topological polar surface area (TPSA) is 102 Å². The highest BCUT2D eigenvalue weighted by atomic mass is 19.3. The molecule has 0 saturated carbocycles. The van der Waals surface area contributed by atoms with Gasteiger partial charge in [-0.25, -0.2) is 9.97 Å². The Labute approximate surface area is 164 Å². The highest BCUT2D eigenvalue weighted by Gasteiger charge is 2.25. The number of aryl methyl sites for hydroxylation is 1. The number of amides is 1. The summed E-state index contributed by atoms with van der Waals surface area (Å²) in [6, 6.07) is 8.37. The minimum atomic E-state index is -2.92. The van der Waals surface area contributed by atoms with Crippen LogP contribution < -0.4 is 21.1 Å². The van der Waals surface area contributed by atoms with Crippen molar-refractivity contribution in [3.05, 3.63) is 59.4 Å². The number of hydrogen-bond acceptors (Lipinski definition) is 6. The van der Waals surface area contributed by atoms with Crippen molar-refractivity contribution < 1.29 is 18.3 Å². The molecule has 0 radical (unpaired) electrons. The molecule has 1 aliphatic heterocycles. The van der Waals surface area contributed by atoms with E-state index >= 15 is 0 Å². The maximum Gasteiger partial charge on any atom is 0.388 e. The number of nitrogen functional groups attached to an aromatic ring is 1. The van der Waals surface area contributed by atoms with Gasteiger partial charge in [0, 0.05) is 30.1 Å². The van der Waals surface area contributed by atoms with Crippen LogP contribution in [0.25, 0.3) is 11.1 Å². The first-order valence-corrected chi connectivity index (χ1v) is 8.77. The number of nitrogens with zero attached hydrogens (tertiary/aromatic N) is 2. The van der Waals surface area contributed by atoms with Gasteiger partial charge >= 0.3 is 6.61 Å². The number of ether oxygens (including phenoxy) is 1.